The summed E-state index contributed by atoms with van der Waals surface area (Å²) < 4.78 is 0. The van der Waals surface area contributed by atoms with Crippen molar-refractivity contribution in [3.05, 3.63) is 41.5 Å². The van der Waals surface area contributed by atoms with Gasteiger partial charge in [-0.05, 0) is 17.5 Å². The summed E-state index contributed by atoms with van der Waals surface area (Å²) in [5.74, 6) is -0.377. The van der Waals surface area contributed by atoms with Crippen molar-refractivity contribution in [1.82, 2.24) is 4.90 Å². The van der Waals surface area contributed by atoms with E-state index >= 15 is 0 Å². The van der Waals surface area contributed by atoms with Crippen LogP contribution in [-0.2, 0) is 0 Å². The van der Waals surface area contributed by atoms with Crippen LogP contribution >= 0.6 is 0 Å². The Hall–Kier alpha value is -1.94. The zero-order valence-corrected chi connectivity index (χ0v) is 15.3. The predicted octanol–water partition coefficient (Wildman–Crippen LogP) is 3.78. The van der Waals surface area contributed by atoms with E-state index < -0.39 is 8.07 Å². The Bertz CT molecular complexity index is 800. The van der Waals surface area contributed by atoms with Crippen molar-refractivity contribution in [3.8, 4) is 0 Å². The second-order valence-corrected chi connectivity index (χ2v) is 11.7. The van der Waals surface area contributed by atoms with Crippen LogP contribution in [-0.4, -0.2) is 31.8 Å². The summed E-state index contributed by atoms with van der Waals surface area (Å²) in [6, 6.07) is 13.6. The molecule has 120 valence electrons. The molecule has 1 heterocycles. The molecule has 3 rings (SSSR count). The van der Waals surface area contributed by atoms with Crippen LogP contribution in [0.5, 0.6) is 0 Å². The molecule has 4 heteroatoms. The highest BCUT2D eigenvalue weighted by Crippen LogP contribution is 2.31. The number of amides is 2. The van der Waals surface area contributed by atoms with E-state index in [-0.39, 0.29) is 11.8 Å². The Balaban J connectivity index is 2.37. The number of carbonyl (C=O) groups excluding carboxylic acids is 2. The van der Waals surface area contributed by atoms with Crippen LogP contribution in [0.1, 0.15) is 41.5 Å². The minimum Gasteiger partial charge on any atom is -0.277 e. The van der Waals surface area contributed by atoms with E-state index in [2.05, 4.69) is 32.9 Å². The summed E-state index contributed by atoms with van der Waals surface area (Å²) in [5, 5.41) is 3.20. The van der Waals surface area contributed by atoms with Crippen molar-refractivity contribution in [3.63, 3.8) is 0 Å². The molecule has 0 saturated carbocycles. The SMILES string of the molecule is CC[Si](CC)(CC)c1cc2c3c(cccc3c1)C(=O)N(C)C2=O. The minimum absolute atomic E-state index is 0.174. The molecule has 1 aliphatic rings. The van der Waals surface area contributed by atoms with Gasteiger partial charge in [-0.3, -0.25) is 14.5 Å². The average molecular weight is 325 g/mol. The van der Waals surface area contributed by atoms with Crippen LogP contribution in [0.15, 0.2) is 30.3 Å². The van der Waals surface area contributed by atoms with Crippen LogP contribution in [0.25, 0.3) is 10.8 Å². The molecule has 0 bridgehead atoms. The minimum atomic E-state index is -1.58. The van der Waals surface area contributed by atoms with Gasteiger partial charge in [-0.25, -0.2) is 0 Å². The first-order valence-corrected chi connectivity index (χ1v) is 11.0. The van der Waals surface area contributed by atoms with E-state index in [0.717, 1.165) is 10.8 Å². The fourth-order valence-corrected chi connectivity index (χ4v) is 7.53. The van der Waals surface area contributed by atoms with Gasteiger partial charge in [0.25, 0.3) is 11.8 Å². The maximum Gasteiger partial charge on any atom is 0.261 e. The summed E-state index contributed by atoms with van der Waals surface area (Å²) in [4.78, 5) is 26.3. The quantitative estimate of drug-likeness (QED) is 0.634. The van der Waals surface area contributed by atoms with Gasteiger partial charge in [-0.1, -0.05) is 62.3 Å². The van der Waals surface area contributed by atoms with Crippen molar-refractivity contribution in [2.45, 2.75) is 38.9 Å². The number of hydrogen-bond acceptors (Lipinski definition) is 2. The van der Waals surface area contributed by atoms with Crippen LogP contribution in [0, 0.1) is 0 Å². The standard InChI is InChI=1S/C19H23NO2Si/c1-5-23(6-2,7-3)14-11-13-9-8-10-15-17(13)16(12-14)19(22)20(4)18(15)21/h8-12H,5-7H2,1-4H3. The highest BCUT2D eigenvalue weighted by Gasteiger charge is 2.34. The highest BCUT2D eigenvalue weighted by molar-refractivity contribution is 6.91. The third-order valence-corrected chi connectivity index (χ3v) is 11.3. The highest BCUT2D eigenvalue weighted by atomic mass is 28.3. The smallest absolute Gasteiger partial charge is 0.261 e. The fourth-order valence-electron chi connectivity index (χ4n) is 3.90. The molecule has 0 N–H and O–H groups in total. The molecular weight excluding hydrogens is 302 g/mol. The lowest BCUT2D eigenvalue weighted by Gasteiger charge is -2.31. The van der Waals surface area contributed by atoms with E-state index in [0.29, 0.717) is 11.1 Å². The van der Waals surface area contributed by atoms with Crippen LogP contribution < -0.4 is 5.19 Å². The van der Waals surface area contributed by atoms with Crippen molar-refractivity contribution in [1.29, 1.82) is 0 Å². The summed E-state index contributed by atoms with van der Waals surface area (Å²) in [5.41, 5.74) is 1.34. The Labute approximate surface area is 138 Å². The van der Waals surface area contributed by atoms with E-state index in [9.17, 15) is 9.59 Å². The summed E-state index contributed by atoms with van der Waals surface area (Å²) in [6.45, 7) is 6.80. The van der Waals surface area contributed by atoms with E-state index in [1.807, 2.05) is 18.2 Å². The van der Waals surface area contributed by atoms with Gasteiger partial charge in [-0.2, -0.15) is 0 Å². The van der Waals surface area contributed by atoms with Crippen molar-refractivity contribution >= 4 is 35.8 Å². The summed E-state index contributed by atoms with van der Waals surface area (Å²) >= 11 is 0. The largest absolute Gasteiger partial charge is 0.277 e. The Morgan fingerprint density at radius 1 is 0.913 bits per heavy atom. The maximum absolute atomic E-state index is 12.7. The molecule has 2 amide bonds. The van der Waals surface area contributed by atoms with E-state index in [4.69, 9.17) is 0 Å². The third-order valence-electron chi connectivity index (χ3n) is 5.69. The van der Waals surface area contributed by atoms with Crippen molar-refractivity contribution < 1.29 is 9.59 Å². The van der Waals surface area contributed by atoms with Gasteiger partial charge in [0.05, 0.1) is 8.07 Å². The Kier molecular flexibility index (Phi) is 3.88. The lowest BCUT2D eigenvalue weighted by atomic mass is 9.94. The number of rotatable bonds is 4. The first kappa shape index (κ1) is 15.9. The van der Waals surface area contributed by atoms with Crippen LogP contribution in [0.3, 0.4) is 0 Å². The number of benzene rings is 2. The van der Waals surface area contributed by atoms with Gasteiger partial charge in [-0.15, -0.1) is 0 Å². The lowest BCUT2D eigenvalue weighted by Crippen LogP contribution is -2.47. The zero-order valence-electron chi connectivity index (χ0n) is 14.3. The van der Waals surface area contributed by atoms with Gasteiger partial charge in [0.15, 0.2) is 0 Å². The third kappa shape index (κ3) is 2.16. The van der Waals surface area contributed by atoms with E-state index in [1.165, 1.54) is 28.2 Å². The Morgan fingerprint density at radius 2 is 1.52 bits per heavy atom. The average Bonchev–Trinajstić information content (AvgIpc) is 2.59. The van der Waals surface area contributed by atoms with Crippen molar-refractivity contribution in [2.24, 2.45) is 0 Å². The molecule has 1 aliphatic heterocycles. The first-order chi connectivity index (χ1) is 11.0. The molecule has 0 aromatic heterocycles. The second-order valence-electron chi connectivity index (χ2n) is 6.44. The molecular formula is C19H23NO2Si. The van der Waals surface area contributed by atoms with Crippen LogP contribution in [0.2, 0.25) is 18.1 Å². The van der Waals surface area contributed by atoms with E-state index in [1.54, 1.807) is 7.05 Å². The normalized spacial score (nSPS) is 14.7. The summed E-state index contributed by atoms with van der Waals surface area (Å²) in [6.07, 6.45) is 0. The van der Waals surface area contributed by atoms with Gasteiger partial charge in [0.2, 0.25) is 0 Å². The molecule has 23 heavy (non-hydrogen) atoms. The molecule has 0 spiro atoms. The molecule has 0 aliphatic carbocycles. The molecule has 0 saturated heterocycles. The van der Waals surface area contributed by atoms with Gasteiger partial charge < -0.3 is 0 Å². The number of carbonyl (C=O) groups is 2. The molecule has 0 atom stereocenters. The monoisotopic (exact) mass is 325 g/mol. The van der Waals surface area contributed by atoms with Crippen molar-refractivity contribution in [2.75, 3.05) is 7.05 Å². The van der Waals surface area contributed by atoms with Gasteiger partial charge in [0, 0.05) is 23.6 Å². The molecule has 0 fully saturated rings. The maximum atomic E-state index is 12.7. The first-order valence-electron chi connectivity index (χ1n) is 8.38. The fraction of sp³-hybridized carbons (Fsp3) is 0.368. The molecule has 0 radical (unpaired) electrons. The number of nitrogens with zero attached hydrogens (tertiary/aromatic N) is 1. The predicted molar refractivity (Wildman–Crippen MR) is 97.2 cm³/mol. The second kappa shape index (κ2) is 5.60. The molecule has 0 unspecified atom stereocenters. The van der Waals surface area contributed by atoms with Gasteiger partial charge in [0.1, 0.15) is 0 Å². The Morgan fingerprint density at radius 3 is 2.13 bits per heavy atom. The molecule has 2 aromatic carbocycles. The molecule has 3 nitrogen and oxygen atoms in total. The number of hydrogen-bond donors (Lipinski definition) is 0. The van der Waals surface area contributed by atoms with Gasteiger partial charge >= 0.3 is 0 Å². The topological polar surface area (TPSA) is 37.4 Å². The summed E-state index contributed by atoms with van der Waals surface area (Å²) in [7, 11) is -0.00329. The molecule has 2 aromatic rings. The lowest BCUT2D eigenvalue weighted by molar-refractivity contribution is 0.0651. The van der Waals surface area contributed by atoms with Crippen LogP contribution in [0.4, 0.5) is 0 Å². The number of imide groups is 1. The zero-order chi connectivity index (χ0) is 16.8.